The first-order chi connectivity index (χ1) is 16.7. The molecule has 0 bridgehead atoms. The number of alkyl halides is 3. The molecule has 2 aromatic heterocycles. The summed E-state index contributed by atoms with van der Waals surface area (Å²) >= 11 is 7.99. The van der Waals surface area contributed by atoms with Crippen molar-refractivity contribution in [2.24, 2.45) is 10.1 Å². The summed E-state index contributed by atoms with van der Waals surface area (Å²) in [7, 11) is 1.61. The molecule has 0 spiro atoms. The Balaban J connectivity index is 1.75. The Hall–Kier alpha value is -3.37. The molecule has 4 aromatic rings. The summed E-state index contributed by atoms with van der Waals surface area (Å²) in [6, 6.07) is 12.4. The largest absolute Gasteiger partial charge is 0.497 e. The third-order valence-electron chi connectivity index (χ3n) is 5.13. The summed E-state index contributed by atoms with van der Waals surface area (Å²) in [6.07, 6.45) is -2.93. The Morgan fingerprint density at radius 3 is 2.57 bits per heavy atom. The summed E-state index contributed by atoms with van der Waals surface area (Å²) < 4.78 is 47.7. The van der Waals surface area contributed by atoms with Crippen LogP contribution in [-0.4, -0.2) is 34.3 Å². The molecule has 0 radical (unpaired) electrons. The third kappa shape index (κ3) is 5.18. The number of hydrogen-bond acceptors (Lipinski definition) is 5. The average molecular weight is 520 g/mol. The molecule has 2 heterocycles. The van der Waals surface area contributed by atoms with Gasteiger partial charge in [-0.2, -0.15) is 23.4 Å². The van der Waals surface area contributed by atoms with Crippen LogP contribution in [0, 0.1) is 6.92 Å². The van der Waals surface area contributed by atoms with Gasteiger partial charge in [-0.1, -0.05) is 17.7 Å². The summed E-state index contributed by atoms with van der Waals surface area (Å²) in [5.74, 6) is 0.738. The molecule has 11 heteroatoms. The van der Waals surface area contributed by atoms with Gasteiger partial charge in [-0.25, -0.2) is 9.36 Å². The van der Waals surface area contributed by atoms with Crippen molar-refractivity contribution < 1.29 is 17.9 Å². The highest BCUT2D eigenvalue weighted by atomic mass is 35.5. The minimum Gasteiger partial charge on any atom is -0.497 e. The minimum absolute atomic E-state index is 0.154. The second-order valence-electron chi connectivity index (χ2n) is 7.41. The molecular formula is C24H21ClF3N5OS. The molecule has 0 unspecified atom stereocenters. The fraction of sp³-hybridized carbons (Fsp3) is 0.208. The van der Waals surface area contributed by atoms with Crippen LogP contribution in [0.2, 0.25) is 5.15 Å². The van der Waals surface area contributed by atoms with E-state index in [1.807, 2.05) is 36.6 Å². The molecular weight excluding hydrogens is 499 g/mol. The quantitative estimate of drug-likeness (QED) is 0.285. The van der Waals surface area contributed by atoms with Gasteiger partial charge < -0.3 is 4.74 Å². The molecule has 0 aliphatic carbocycles. The Morgan fingerprint density at radius 2 is 1.91 bits per heavy atom. The van der Waals surface area contributed by atoms with Crippen molar-refractivity contribution in [1.82, 2.24) is 14.5 Å². The zero-order chi connectivity index (χ0) is 25.2. The molecule has 0 aliphatic heterocycles. The first kappa shape index (κ1) is 24.7. The second kappa shape index (κ2) is 10.1. The predicted molar refractivity (Wildman–Crippen MR) is 132 cm³/mol. The molecule has 0 saturated heterocycles. The van der Waals surface area contributed by atoms with Crippen molar-refractivity contribution in [1.29, 1.82) is 0 Å². The van der Waals surface area contributed by atoms with Crippen molar-refractivity contribution in [2.75, 3.05) is 13.7 Å². The van der Waals surface area contributed by atoms with Crippen molar-refractivity contribution >= 4 is 29.2 Å². The molecule has 0 N–H and O–H groups in total. The van der Waals surface area contributed by atoms with E-state index in [2.05, 4.69) is 15.2 Å². The molecule has 0 amide bonds. The van der Waals surface area contributed by atoms with E-state index >= 15 is 0 Å². The molecule has 4 rings (SSSR count). The van der Waals surface area contributed by atoms with Gasteiger partial charge in [0.15, 0.2) is 0 Å². The minimum atomic E-state index is -4.47. The van der Waals surface area contributed by atoms with Gasteiger partial charge in [0.25, 0.3) is 0 Å². The first-order valence-electron chi connectivity index (χ1n) is 10.6. The van der Waals surface area contributed by atoms with Crippen LogP contribution >= 0.6 is 22.9 Å². The van der Waals surface area contributed by atoms with E-state index < -0.39 is 11.7 Å². The normalized spacial score (nSPS) is 12.6. The van der Waals surface area contributed by atoms with Crippen LogP contribution in [0.4, 0.5) is 13.2 Å². The van der Waals surface area contributed by atoms with Crippen LogP contribution < -0.4 is 9.54 Å². The number of benzene rings is 2. The smallest absolute Gasteiger partial charge is 0.416 e. The van der Waals surface area contributed by atoms with Crippen LogP contribution in [0.3, 0.4) is 0 Å². The maximum Gasteiger partial charge on any atom is 0.416 e. The summed E-state index contributed by atoms with van der Waals surface area (Å²) in [5, 5.41) is 11.1. The lowest BCUT2D eigenvalue weighted by Crippen LogP contribution is -2.12. The van der Waals surface area contributed by atoms with Crippen molar-refractivity contribution in [3.05, 3.63) is 80.7 Å². The third-order valence-corrected chi connectivity index (χ3v) is 6.35. The fourth-order valence-corrected chi connectivity index (χ4v) is 4.60. The van der Waals surface area contributed by atoms with Crippen molar-refractivity contribution in [3.63, 3.8) is 0 Å². The monoisotopic (exact) mass is 519 g/mol. The highest BCUT2D eigenvalue weighted by Gasteiger charge is 2.30. The van der Waals surface area contributed by atoms with Gasteiger partial charge >= 0.3 is 6.18 Å². The fourth-order valence-electron chi connectivity index (χ4n) is 3.37. The Bertz CT molecular complexity index is 1430. The number of aryl methyl sites for hydroxylation is 1. The molecule has 2 aromatic carbocycles. The number of aromatic nitrogens is 3. The molecule has 182 valence electrons. The maximum absolute atomic E-state index is 13.2. The second-order valence-corrected chi connectivity index (χ2v) is 8.61. The van der Waals surface area contributed by atoms with Crippen LogP contribution in [0.15, 0.2) is 64.0 Å². The number of nitrogens with zero attached hydrogens (tertiary/aromatic N) is 5. The SMILES string of the molecule is CCN=c1scc(-c2ccc(OC)cc2)n1/N=C\c1c(C)nn(-c2cccc(C(F)(F)F)c2)c1Cl. The molecule has 0 aliphatic rings. The summed E-state index contributed by atoms with van der Waals surface area (Å²) in [4.78, 5) is 5.20. The van der Waals surface area contributed by atoms with Crippen LogP contribution in [0.1, 0.15) is 23.7 Å². The lowest BCUT2D eigenvalue weighted by atomic mass is 10.2. The van der Waals surface area contributed by atoms with E-state index in [4.69, 9.17) is 16.3 Å². The standard InChI is InChI=1S/C24H21ClF3N5OS/c1-4-29-23-33(21(14-35-23)16-8-10-19(34-3)11-9-16)30-13-20-15(2)31-32(22(20)25)18-7-5-6-17(12-18)24(26,27)28/h5-14H,4H2,1-3H3/b29-23?,30-13-. The Morgan fingerprint density at radius 1 is 1.17 bits per heavy atom. The molecule has 35 heavy (non-hydrogen) atoms. The number of ether oxygens (including phenoxy) is 1. The van der Waals surface area contributed by atoms with Crippen LogP contribution in [0.25, 0.3) is 16.9 Å². The van der Waals surface area contributed by atoms with Gasteiger partial charge in [0.2, 0.25) is 4.80 Å². The Kier molecular flexibility index (Phi) is 7.13. The van der Waals surface area contributed by atoms with E-state index in [0.29, 0.717) is 22.6 Å². The molecule has 6 nitrogen and oxygen atoms in total. The van der Waals surface area contributed by atoms with E-state index in [-0.39, 0.29) is 10.8 Å². The average Bonchev–Trinajstić information content (AvgIpc) is 3.37. The lowest BCUT2D eigenvalue weighted by molar-refractivity contribution is -0.137. The van der Waals surface area contributed by atoms with Crippen LogP contribution in [0.5, 0.6) is 5.75 Å². The van der Waals surface area contributed by atoms with Gasteiger partial charge in [-0.3, -0.25) is 4.99 Å². The van der Waals surface area contributed by atoms with Crippen molar-refractivity contribution in [2.45, 2.75) is 20.0 Å². The van der Waals surface area contributed by atoms with Gasteiger partial charge in [-0.05, 0) is 56.3 Å². The van der Waals surface area contributed by atoms with E-state index in [9.17, 15) is 13.2 Å². The summed E-state index contributed by atoms with van der Waals surface area (Å²) in [5.41, 5.74) is 2.17. The highest BCUT2D eigenvalue weighted by Crippen LogP contribution is 2.31. The Labute approximate surface area is 208 Å². The predicted octanol–water partition coefficient (Wildman–Crippen LogP) is 6.19. The van der Waals surface area contributed by atoms with Gasteiger partial charge in [0, 0.05) is 17.5 Å². The molecule has 0 saturated carbocycles. The van der Waals surface area contributed by atoms with Crippen molar-refractivity contribution in [3.8, 4) is 22.7 Å². The number of rotatable bonds is 6. The highest BCUT2D eigenvalue weighted by molar-refractivity contribution is 7.07. The van der Waals surface area contributed by atoms with E-state index in [0.717, 1.165) is 29.1 Å². The molecule has 0 atom stereocenters. The first-order valence-corrected chi connectivity index (χ1v) is 11.8. The van der Waals surface area contributed by atoms with E-state index in [1.165, 1.54) is 28.2 Å². The van der Waals surface area contributed by atoms with Crippen LogP contribution in [-0.2, 0) is 6.18 Å². The van der Waals surface area contributed by atoms with Gasteiger partial charge in [0.05, 0.1) is 41.5 Å². The molecule has 0 fully saturated rings. The number of thiazole rings is 1. The zero-order valence-corrected chi connectivity index (χ0v) is 20.6. The number of hydrogen-bond donors (Lipinski definition) is 0. The topological polar surface area (TPSA) is 56.7 Å². The number of methoxy groups -OCH3 is 1. The zero-order valence-electron chi connectivity index (χ0n) is 19.0. The lowest BCUT2D eigenvalue weighted by Gasteiger charge is -2.09. The van der Waals surface area contributed by atoms with Gasteiger partial charge in [0.1, 0.15) is 10.9 Å². The summed E-state index contributed by atoms with van der Waals surface area (Å²) in [6.45, 7) is 4.23. The van der Waals surface area contributed by atoms with E-state index in [1.54, 1.807) is 24.9 Å². The maximum atomic E-state index is 13.2. The number of halogens is 4. The van der Waals surface area contributed by atoms with Gasteiger partial charge in [-0.15, -0.1) is 11.3 Å².